The number of nitrogens with two attached hydrogens (primary N) is 1. The van der Waals surface area contributed by atoms with Gasteiger partial charge in [-0.05, 0) is 42.5 Å². The molecule has 4 rings (SSSR count). The van der Waals surface area contributed by atoms with Crippen molar-refractivity contribution < 1.29 is 35.5 Å². The monoisotopic (exact) mass is 572 g/mol. The van der Waals surface area contributed by atoms with Gasteiger partial charge in [0.15, 0.2) is 11.6 Å². The van der Waals surface area contributed by atoms with Gasteiger partial charge in [-0.15, -0.1) is 0 Å². The number of nitrogens with one attached hydrogen (secondary N) is 2. The molecule has 1 amide bonds. The Labute approximate surface area is 223 Å². The molecule has 6 N–H and O–H groups in total. The number of benzene rings is 3. The van der Waals surface area contributed by atoms with Gasteiger partial charge in [-0.3, -0.25) is 18.7 Å². The molecule has 0 aliphatic carbocycles. The number of carbonyl (C=O) groups excluding carboxylic acids is 2. The van der Waals surface area contributed by atoms with Crippen molar-refractivity contribution in [2.75, 3.05) is 11.1 Å². The van der Waals surface area contributed by atoms with Crippen molar-refractivity contribution >= 4 is 54.3 Å². The lowest BCUT2D eigenvalue weighted by atomic mass is 9.86. The summed E-state index contributed by atoms with van der Waals surface area (Å²) in [5.74, 6) is -0.980. The highest BCUT2D eigenvalue weighted by Gasteiger charge is 2.25. The largest absolute Gasteiger partial charge is 0.399 e. The minimum atomic E-state index is -4.94. The summed E-state index contributed by atoms with van der Waals surface area (Å²) in [4.78, 5) is 31.1. The van der Waals surface area contributed by atoms with Crippen LogP contribution in [0.15, 0.2) is 64.4 Å². The summed E-state index contributed by atoms with van der Waals surface area (Å²) >= 11 is 0. The fourth-order valence-corrected chi connectivity index (χ4v) is 5.37. The predicted molar refractivity (Wildman–Crippen MR) is 144 cm³/mol. The van der Waals surface area contributed by atoms with Crippen molar-refractivity contribution in [1.29, 1.82) is 0 Å². The standard InChI is InChI=1S/C25H24N4O8S2/c1-25(2,3)22(30)13-4-9-18-19(10-13)29-23(28-18)24(31)27-15-6-8-17(21(12-15)39(35,36)37)16-7-5-14(26)11-20(16)38(32,33)34/h4-12H,26H2,1-3H3,(H,27,31)(H,28,29)(H,32,33,34)(H,35,36,37). The van der Waals surface area contributed by atoms with E-state index in [1.165, 1.54) is 18.2 Å². The van der Waals surface area contributed by atoms with E-state index in [0.29, 0.717) is 16.6 Å². The lowest BCUT2D eigenvalue weighted by Crippen LogP contribution is -2.19. The molecule has 0 saturated carbocycles. The number of hydrogen-bond acceptors (Lipinski definition) is 8. The lowest BCUT2D eigenvalue weighted by molar-refractivity contribution is 0.0858. The molecule has 0 spiro atoms. The SMILES string of the molecule is CC(C)(C)C(=O)c1ccc2nc(C(=O)Nc3ccc(-c4ccc(N)cc4S(=O)(=O)O)c(S(=O)(=O)O)c3)[nH]c2c1. The highest BCUT2D eigenvalue weighted by molar-refractivity contribution is 7.86. The molecule has 3 aromatic carbocycles. The summed E-state index contributed by atoms with van der Waals surface area (Å²) in [6.07, 6.45) is 0. The third-order valence-electron chi connectivity index (χ3n) is 5.73. The molecular formula is C25H24N4O8S2. The van der Waals surface area contributed by atoms with Crippen LogP contribution in [0.5, 0.6) is 0 Å². The molecule has 0 saturated heterocycles. The fraction of sp³-hybridized carbons (Fsp3) is 0.160. The van der Waals surface area contributed by atoms with Crippen LogP contribution in [0.4, 0.5) is 11.4 Å². The predicted octanol–water partition coefficient (Wildman–Crippen LogP) is 3.79. The number of rotatable bonds is 6. The minimum absolute atomic E-state index is 0.00982. The number of ketones is 1. The van der Waals surface area contributed by atoms with E-state index in [2.05, 4.69) is 15.3 Å². The van der Waals surface area contributed by atoms with Gasteiger partial charge in [-0.25, -0.2) is 4.98 Å². The number of imidazole rings is 1. The van der Waals surface area contributed by atoms with Crippen LogP contribution in [0.25, 0.3) is 22.2 Å². The molecular weight excluding hydrogens is 548 g/mol. The number of anilines is 2. The summed E-state index contributed by atoms with van der Waals surface area (Å²) in [5.41, 5.74) is 5.71. The lowest BCUT2D eigenvalue weighted by Gasteiger charge is -2.16. The van der Waals surface area contributed by atoms with Gasteiger partial charge < -0.3 is 16.0 Å². The second kappa shape index (κ2) is 9.57. The average Bonchev–Trinajstić information content (AvgIpc) is 3.25. The molecule has 0 bridgehead atoms. The number of hydrogen-bond donors (Lipinski definition) is 5. The van der Waals surface area contributed by atoms with E-state index in [0.717, 1.165) is 18.2 Å². The van der Waals surface area contributed by atoms with Gasteiger partial charge in [-0.2, -0.15) is 16.8 Å². The smallest absolute Gasteiger partial charge is 0.295 e. The number of fused-ring (bicyclic) bond motifs is 1. The molecule has 1 heterocycles. The number of amides is 1. The van der Waals surface area contributed by atoms with Crippen LogP contribution in [0.1, 0.15) is 41.7 Å². The van der Waals surface area contributed by atoms with Crippen LogP contribution in [-0.4, -0.2) is 47.6 Å². The number of nitrogens with zero attached hydrogens (tertiary/aromatic N) is 1. The molecule has 0 atom stereocenters. The molecule has 12 nitrogen and oxygen atoms in total. The van der Waals surface area contributed by atoms with Crippen molar-refractivity contribution in [3.05, 3.63) is 66.0 Å². The van der Waals surface area contributed by atoms with Gasteiger partial charge in [0.1, 0.15) is 9.79 Å². The normalized spacial score (nSPS) is 12.4. The maximum atomic E-state index is 12.9. The van der Waals surface area contributed by atoms with E-state index in [9.17, 15) is 35.5 Å². The first-order chi connectivity index (χ1) is 17.9. The van der Waals surface area contributed by atoms with Gasteiger partial charge in [0.05, 0.1) is 11.0 Å². The van der Waals surface area contributed by atoms with Gasteiger partial charge in [0, 0.05) is 33.5 Å². The summed E-state index contributed by atoms with van der Waals surface area (Å²) in [7, 11) is -9.76. The number of Topliss-reactive ketones (excluding diaryl/α,β-unsaturated/α-hetero) is 1. The highest BCUT2D eigenvalue weighted by Crippen LogP contribution is 2.35. The first-order valence-corrected chi connectivity index (χ1v) is 14.2. The molecule has 0 fully saturated rings. The van der Waals surface area contributed by atoms with Gasteiger partial charge in [0.25, 0.3) is 26.1 Å². The zero-order valence-corrected chi connectivity index (χ0v) is 22.5. The molecule has 0 unspecified atom stereocenters. The summed E-state index contributed by atoms with van der Waals surface area (Å²) in [6, 6.07) is 11.5. The molecule has 0 radical (unpaired) electrons. The highest BCUT2D eigenvalue weighted by atomic mass is 32.2. The van der Waals surface area contributed by atoms with Crippen LogP contribution >= 0.6 is 0 Å². The van der Waals surface area contributed by atoms with Gasteiger partial charge in [-0.1, -0.05) is 32.9 Å². The van der Waals surface area contributed by atoms with Crippen LogP contribution in [-0.2, 0) is 20.2 Å². The Hall–Kier alpha value is -4.11. The first-order valence-electron chi connectivity index (χ1n) is 11.3. The fourth-order valence-electron chi connectivity index (χ4n) is 3.89. The summed E-state index contributed by atoms with van der Waals surface area (Å²) < 4.78 is 67.7. The number of nitrogen functional groups attached to an aromatic ring is 1. The third-order valence-corrected chi connectivity index (χ3v) is 7.52. The second-order valence-corrected chi connectivity index (χ2v) is 12.5. The van der Waals surface area contributed by atoms with Crippen LogP contribution < -0.4 is 11.1 Å². The van der Waals surface area contributed by atoms with Crippen molar-refractivity contribution in [2.45, 2.75) is 30.6 Å². The average molecular weight is 573 g/mol. The molecule has 4 aromatic rings. The topological polar surface area (TPSA) is 210 Å². The number of aromatic amines is 1. The zero-order valence-electron chi connectivity index (χ0n) is 20.9. The van der Waals surface area contributed by atoms with E-state index in [1.807, 2.05) is 0 Å². The Morgan fingerprint density at radius 1 is 0.872 bits per heavy atom. The summed E-state index contributed by atoms with van der Waals surface area (Å²) in [5, 5.41) is 2.46. The number of carbonyl (C=O) groups is 2. The minimum Gasteiger partial charge on any atom is -0.399 e. The first kappa shape index (κ1) is 27.9. The van der Waals surface area contributed by atoms with E-state index in [1.54, 1.807) is 39.0 Å². The van der Waals surface area contributed by atoms with E-state index in [-0.39, 0.29) is 34.1 Å². The van der Waals surface area contributed by atoms with Crippen molar-refractivity contribution in [2.24, 2.45) is 5.41 Å². The maximum absolute atomic E-state index is 12.9. The zero-order chi connectivity index (χ0) is 28.9. The van der Waals surface area contributed by atoms with E-state index in [4.69, 9.17) is 5.73 Å². The third kappa shape index (κ3) is 5.83. The number of H-pyrrole nitrogens is 1. The van der Waals surface area contributed by atoms with Crippen LogP contribution in [0.2, 0.25) is 0 Å². The molecule has 0 aliphatic heterocycles. The van der Waals surface area contributed by atoms with Crippen LogP contribution in [0.3, 0.4) is 0 Å². The Bertz CT molecular complexity index is 1870. The Balaban J connectivity index is 1.71. The molecule has 0 aliphatic rings. The van der Waals surface area contributed by atoms with Crippen molar-refractivity contribution in [1.82, 2.24) is 9.97 Å². The quantitative estimate of drug-likeness (QED) is 0.128. The molecule has 39 heavy (non-hydrogen) atoms. The molecule has 204 valence electrons. The van der Waals surface area contributed by atoms with Crippen molar-refractivity contribution in [3.8, 4) is 11.1 Å². The Morgan fingerprint density at radius 2 is 1.46 bits per heavy atom. The van der Waals surface area contributed by atoms with Gasteiger partial charge >= 0.3 is 0 Å². The Kier molecular flexibility index (Phi) is 6.85. The molecule has 1 aromatic heterocycles. The second-order valence-electron chi connectivity index (χ2n) is 9.77. The Morgan fingerprint density at radius 3 is 2.05 bits per heavy atom. The maximum Gasteiger partial charge on any atom is 0.295 e. The number of aromatic nitrogens is 2. The van der Waals surface area contributed by atoms with E-state index >= 15 is 0 Å². The van der Waals surface area contributed by atoms with Crippen molar-refractivity contribution in [3.63, 3.8) is 0 Å². The summed E-state index contributed by atoms with van der Waals surface area (Å²) in [6.45, 7) is 5.36. The molecule has 14 heteroatoms. The van der Waals surface area contributed by atoms with Crippen LogP contribution in [0, 0.1) is 5.41 Å². The van der Waals surface area contributed by atoms with E-state index < -0.39 is 41.3 Å². The van der Waals surface area contributed by atoms with Gasteiger partial charge in [0.2, 0.25) is 0 Å².